The minimum Gasteiger partial charge on any atom is -0.415 e. The van der Waals surface area contributed by atoms with Gasteiger partial charge in [-0.05, 0) is 38.1 Å². The second-order valence-corrected chi connectivity index (χ2v) is 9.19. The van der Waals surface area contributed by atoms with Crippen molar-refractivity contribution in [3.8, 4) is 34.3 Å². The number of aromatic nitrogens is 4. The van der Waals surface area contributed by atoms with Crippen LogP contribution in [0.3, 0.4) is 0 Å². The van der Waals surface area contributed by atoms with Crippen molar-refractivity contribution in [1.29, 1.82) is 0 Å². The lowest BCUT2D eigenvalue weighted by Gasteiger charge is -2.08. The third kappa shape index (κ3) is 3.79. The second kappa shape index (κ2) is 7.56. The highest BCUT2D eigenvalue weighted by Gasteiger charge is 2.19. The van der Waals surface area contributed by atoms with Crippen molar-refractivity contribution < 1.29 is 12.8 Å². The molecule has 0 amide bonds. The van der Waals surface area contributed by atoms with Gasteiger partial charge in [0.05, 0.1) is 28.2 Å². The van der Waals surface area contributed by atoms with Crippen molar-refractivity contribution in [1.82, 2.24) is 20.2 Å². The van der Waals surface area contributed by atoms with Crippen LogP contribution in [0.1, 0.15) is 13.8 Å². The summed E-state index contributed by atoms with van der Waals surface area (Å²) in [5.41, 5.74) is 2.58. The molecule has 0 saturated heterocycles. The van der Waals surface area contributed by atoms with E-state index in [-0.39, 0.29) is 10.8 Å². The van der Waals surface area contributed by atoms with Crippen LogP contribution in [0.5, 0.6) is 0 Å². The first-order valence-electron chi connectivity index (χ1n) is 9.01. The lowest BCUT2D eigenvalue weighted by Crippen LogP contribution is -2.13. The minimum absolute atomic E-state index is 0.261. The summed E-state index contributed by atoms with van der Waals surface area (Å²) in [6, 6.07) is 16.0. The minimum atomic E-state index is -3.32. The fourth-order valence-electron chi connectivity index (χ4n) is 2.72. The summed E-state index contributed by atoms with van der Waals surface area (Å²) in [4.78, 5) is 9.03. The molecule has 8 heteroatoms. The van der Waals surface area contributed by atoms with Crippen LogP contribution in [-0.4, -0.2) is 33.8 Å². The predicted octanol–water partition coefficient (Wildman–Crippen LogP) is 4.04. The highest BCUT2D eigenvalue weighted by molar-refractivity contribution is 7.92. The second-order valence-electron chi connectivity index (χ2n) is 6.69. The third-order valence-corrected chi connectivity index (χ3v) is 6.57. The molecule has 0 N–H and O–H groups in total. The molecule has 2 heterocycles. The van der Waals surface area contributed by atoms with Gasteiger partial charge in [0, 0.05) is 11.1 Å². The Morgan fingerprint density at radius 1 is 0.793 bits per heavy atom. The van der Waals surface area contributed by atoms with E-state index in [2.05, 4.69) is 20.2 Å². The molecular weight excluding hydrogens is 388 g/mol. The van der Waals surface area contributed by atoms with Crippen LogP contribution in [-0.2, 0) is 9.84 Å². The van der Waals surface area contributed by atoms with Gasteiger partial charge in [0.15, 0.2) is 9.84 Å². The highest BCUT2D eigenvalue weighted by atomic mass is 32.2. The van der Waals surface area contributed by atoms with Crippen LogP contribution in [0.4, 0.5) is 0 Å². The van der Waals surface area contributed by atoms with Gasteiger partial charge in [-0.3, -0.25) is 4.98 Å². The van der Waals surface area contributed by atoms with Crippen LogP contribution in [0.25, 0.3) is 34.3 Å². The zero-order valence-electron chi connectivity index (χ0n) is 15.9. The molecule has 4 aromatic rings. The Kier molecular flexibility index (Phi) is 4.94. The van der Waals surface area contributed by atoms with Gasteiger partial charge in [0.2, 0.25) is 5.89 Å². The van der Waals surface area contributed by atoms with Crippen LogP contribution < -0.4 is 0 Å². The average Bonchev–Trinajstić information content (AvgIpc) is 3.25. The van der Waals surface area contributed by atoms with E-state index in [0.29, 0.717) is 17.3 Å². The number of benzene rings is 2. The summed E-state index contributed by atoms with van der Waals surface area (Å²) in [6.45, 7) is 3.32. The molecule has 2 aromatic carbocycles. The summed E-state index contributed by atoms with van der Waals surface area (Å²) in [7, 11) is -3.32. The Bertz CT molecular complexity index is 1230. The zero-order chi connectivity index (χ0) is 20.4. The van der Waals surface area contributed by atoms with Crippen LogP contribution in [0.15, 0.2) is 76.3 Å². The Morgan fingerprint density at radius 3 is 2.14 bits per heavy atom. The van der Waals surface area contributed by atoms with Crippen LogP contribution in [0, 0.1) is 0 Å². The molecule has 0 radical (unpaired) electrons. The molecule has 7 nitrogen and oxygen atoms in total. The molecule has 2 aromatic heterocycles. The summed E-state index contributed by atoms with van der Waals surface area (Å²) >= 11 is 0. The van der Waals surface area contributed by atoms with Crippen molar-refractivity contribution in [2.24, 2.45) is 0 Å². The Hall–Kier alpha value is -3.39. The number of hydrogen-bond acceptors (Lipinski definition) is 7. The molecule has 146 valence electrons. The van der Waals surface area contributed by atoms with Crippen molar-refractivity contribution >= 4 is 9.84 Å². The van der Waals surface area contributed by atoms with Crippen molar-refractivity contribution in [2.75, 3.05) is 0 Å². The lowest BCUT2D eigenvalue weighted by atomic mass is 10.1. The lowest BCUT2D eigenvalue weighted by molar-refractivity contribution is 0.582. The maximum Gasteiger partial charge on any atom is 0.268 e. The van der Waals surface area contributed by atoms with Crippen molar-refractivity contribution in [3.63, 3.8) is 0 Å². The molecule has 0 unspecified atom stereocenters. The van der Waals surface area contributed by atoms with E-state index in [9.17, 15) is 8.42 Å². The van der Waals surface area contributed by atoms with Gasteiger partial charge in [-0.1, -0.05) is 30.3 Å². The average molecular weight is 406 g/mol. The van der Waals surface area contributed by atoms with Gasteiger partial charge < -0.3 is 4.42 Å². The van der Waals surface area contributed by atoms with Crippen molar-refractivity contribution in [2.45, 2.75) is 24.0 Å². The molecule has 29 heavy (non-hydrogen) atoms. The molecule has 0 aliphatic rings. The van der Waals surface area contributed by atoms with Crippen LogP contribution >= 0.6 is 0 Å². The monoisotopic (exact) mass is 406 g/mol. The summed E-state index contributed by atoms with van der Waals surface area (Å²) in [6.07, 6.45) is 3.15. The van der Waals surface area contributed by atoms with E-state index in [4.69, 9.17) is 4.42 Å². The predicted molar refractivity (Wildman–Crippen MR) is 109 cm³/mol. The van der Waals surface area contributed by atoms with E-state index >= 15 is 0 Å². The van der Waals surface area contributed by atoms with Gasteiger partial charge in [-0.25, -0.2) is 13.4 Å². The number of sulfone groups is 1. The van der Waals surface area contributed by atoms with Gasteiger partial charge in [0.25, 0.3) is 5.89 Å². The van der Waals surface area contributed by atoms with Gasteiger partial charge >= 0.3 is 0 Å². The topological polar surface area (TPSA) is 98.8 Å². The smallest absolute Gasteiger partial charge is 0.268 e. The molecule has 0 fully saturated rings. The Morgan fingerprint density at radius 2 is 1.45 bits per heavy atom. The maximum atomic E-state index is 12.3. The molecule has 0 bridgehead atoms. The fraction of sp³-hybridized carbons (Fsp3) is 0.143. The molecule has 0 aliphatic carbocycles. The quantitative estimate of drug-likeness (QED) is 0.493. The SMILES string of the molecule is CC(C)S(=O)(=O)c1ccc(-c2cncc(-c3nnc(-c4ccccc4)o3)n2)cc1. The number of hydrogen-bond donors (Lipinski definition) is 0. The van der Waals surface area contributed by atoms with E-state index in [1.807, 2.05) is 30.3 Å². The standard InChI is InChI=1S/C21H18N4O3S/c1-14(2)29(26,27)17-10-8-15(9-11-17)18-12-22-13-19(23-18)21-25-24-20(28-21)16-6-4-3-5-7-16/h3-14H,1-2H3. The molecule has 0 aliphatic heterocycles. The van der Waals surface area contributed by atoms with Gasteiger partial charge in [-0.2, -0.15) is 0 Å². The third-order valence-electron chi connectivity index (χ3n) is 4.40. The number of nitrogens with zero attached hydrogens (tertiary/aromatic N) is 4. The summed E-state index contributed by atoms with van der Waals surface area (Å²) < 4.78 is 30.3. The summed E-state index contributed by atoms with van der Waals surface area (Å²) in [5.74, 6) is 0.660. The first kappa shape index (κ1) is 18.9. The Balaban J connectivity index is 1.64. The van der Waals surface area contributed by atoms with Gasteiger partial charge in [-0.15, -0.1) is 10.2 Å². The first-order chi connectivity index (χ1) is 13.9. The largest absolute Gasteiger partial charge is 0.415 e. The van der Waals surface area contributed by atoms with E-state index in [0.717, 1.165) is 11.1 Å². The van der Waals surface area contributed by atoms with E-state index in [1.54, 1.807) is 50.5 Å². The normalized spacial score (nSPS) is 11.7. The van der Waals surface area contributed by atoms with E-state index < -0.39 is 15.1 Å². The fourth-order valence-corrected chi connectivity index (χ4v) is 3.78. The molecule has 0 spiro atoms. The van der Waals surface area contributed by atoms with Gasteiger partial charge in [0.1, 0.15) is 5.69 Å². The molecule has 0 saturated carbocycles. The first-order valence-corrected chi connectivity index (χ1v) is 10.6. The molecule has 0 atom stereocenters. The molecule has 4 rings (SSSR count). The number of rotatable bonds is 5. The van der Waals surface area contributed by atoms with Crippen molar-refractivity contribution in [3.05, 3.63) is 67.0 Å². The summed E-state index contributed by atoms with van der Waals surface area (Å²) in [5, 5.41) is 7.66. The van der Waals surface area contributed by atoms with E-state index in [1.165, 1.54) is 0 Å². The van der Waals surface area contributed by atoms with Crippen LogP contribution in [0.2, 0.25) is 0 Å². The maximum absolute atomic E-state index is 12.3. The molecular formula is C21H18N4O3S. The Labute approximate surface area is 168 Å². The zero-order valence-corrected chi connectivity index (χ0v) is 16.7. The highest BCUT2D eigenvalue weighted by Crippen LogP contribution is 2.25.